The van der Waals surface area contributed by atoms with Gasteiger partial charge in [-0.15, -0.1) is 0 Å². The average molecular weight is 250 g/mol. The standard InChI is InChI=1S/C15H22O3/c1-11-9-12(17-2)5-6-13(11)14(16)10-15(18-3)7-4-8-15/h5-6,9,14,16H,4,7-8,10H2,1-3H3. The zero-order chi connectivity index (χ0) is 13.2. The number of rotatable bonds is 5. The minimum Gasteiger partial charge on any atom is -0.497 e. The molecule has 3 heteroatoms. The van der Waals surface area contributed by atoms with Crippen LogP contribution in [0.25, 0.3) is 0 Å². The van der Waals surface area contributed by atoms with E-state index in [-0.39, 0.29) is 5.60 Å². The van der Waals surface area contributed by atoms with Crippen molar-refractivity contribution in [3.05, 3.63) is 29.3 Å². The lowest BCUT2D eigenvalue weighted by molar-refractivity contribution is -0.0999. The Balaban J connectivity index is 2.11. The summed E-state index contributed by atoms with van der Waals surface area (Å²) in [6, 6.07) is 5.80. The Labute approximate surface area is 109 Å². The second-order valence-corrected chi connectivity index (χ2v) is 5.18. The van der Waals surface area contributed by atoms with Crippen LogP contribution in [0.3, 0.4) is 0 Å². The lowest BCUT2D eigenvalue weighted by Gasteiger charge is -2.42. The van der Waals surface area contributed by atoms with Gasteiger partial charge in [-0.2, -0.15) is 0 Å². The summed E-state index contributed by atoms with van der Waals surface area (Å²) < 4.78 is 10.7. The van der Waals surface area contributed by atoms with Gasteiger partial charge in [0.25, 0.3) is 0 Å². The van der Waals surface area contributed by atoms with Gasteiger partial charge in [0.05, 0.1) is 18.8 Å². The van der Waals surface area contributed by atoms with Crippen LogP contribution in [-0.2, 0) is 4.74 Å². The number of aryl methyl sites for hydroxylation is 1. The third kappa shape index (κ3) is 2.52. The van der Waals surface area contributed by atoms with Crippen molar-refractivity contribution in [1.29, 1.82) is 0 Å². The smallest absolute Gasteiger partial charge is 0.119 e. The summed E-state index contributed by atoms with van der Waals surface area (Å²) in [7, 11) is 3.39. The molecule has 0 spiro atoms. The summed E-state index contributed by atoms with van der Waals surface area (Å²) in [5.74, 6) is 0.827. The van der Waals surface area contributed by atoms with Gasteiger partial charge in [-0.1, -0.05) is 6.07 Å². The lowest BCUT2D eigenvalue weighted by Crippen LogP contribution is -2.40. The molecule has 0 aromatic heterocycles. The lowest BCUT2D eigenvalue weighted by atomic mass is 9.75. The van der Waals surface area contributed by atoms with Crippen LogP contribution in [0.15, 0.2) is 18.2 Å². The Morgan fingerprint density at radius 3 is 2.50 bits per heavy atom. The molecule has 1 aromatic carbocycles. The quantitative estimate of drug-likeness (QED) is 0.873. The molecule has 1 fully saturated rings. The van der Waals surface area contributed by atoms with E-state index in [0.29, 0.717) is 6.42 Å². The number of methoxy groups -OCH3 is 2. The predicted octanol–water partition coefficient (Wildman–Crippen LogP) is 3.00. The maximum absolute atomic E-state index is 10.4. The number of hydrogen-bond acceptors (Lipinski definition) is 3. The minimum atomic E-state index is -0.462. The molecule has 3 nitrogen and oxygen atoms in total. The second kappa shape index (κ2) is 5.29. The van der Waals surface area contributed by atoms with Crippen LogP contribution in [0.2, 0.25) is 0 Å². The number of benzene rings is 1. The molecule has 0 bridgehead atoms. The van der Waals surface area contributed by atoms with Gasteiger partial charge in [-0.25, -0.2) is 0 Å². The van der Waals surface area contributed by atoms with E-state index in [1.54, 1.807) is 14.2 Å². The fourth-order valence-electron chi connectivity index (χ4n) is 2.67. The van der Waals surface area contributed by atoms with Crippen LogP contribution in [0, 0.1) is 6.92 Å². The van der Waals surface area contributed by atoms with Gasteiger partial charge < -0.3 is 14.6 Å². The van der Waals surface area contributed by atoms with Crippen LogP contribution in [0.1, 0.15) is 42.9 Å². The molecule has 18 heavy (non-hydrogen) atoms. The molecule has 0 radical (unpaired) electrons. The highest BCUT2D eigenvalue weighted by molar-refractivity contribution is 5.36. The van der Waals surface area contributed by atoms with Crippen LogP contribution in [0.4, 0.5) is 0 Å². The van der Waals surface area contributed by atoms with Crippen molar-refractivity contribution >= 4 is 0 Å². The Kier molecular flexibility index (Phi) is 3.93. The highest BCUT2D eigenvalue weighted by Gasteiger charge is 2.39. The topological polar surface area (TPSA) is 38.7 Å². The van der Waals surface area contributed by atoms with Crippen LogP contribution in [0.5, 0.6) is 5.75 Å². The zero-order valence-electron chi connectivity index (χ0n) is 11.4. The molecule has 1 atom stereocenters. The van der Waals surface area contributed by atoms with E-state index >= 15 is 0 Å². The van der Waals surface area contributed by atoms with Gasteiger partial charge in [0, 0.05) is 13.5 Å². The molecule has 1 aliphatic carbocycles. The fraction of sp³-hybridized carbons (Fsp3) is 0.600. The molecule has 0 amide bonds. The molecular weight excluding hydrogens is 228 g/mol. The third-order valence-electron chi connectivity index (χ3n) is 4.10. The van der Waals surface area contributed by atoms with Gasteiger partial charge >= 0.3 is 0 Å². The van der Waals surface area contributed by atoms with Crippen molar-refractivity contribution in [3.63, 3.8) is 0 Å². The Hall–Kier alpha value is -1.06. The largest absolute Gasteiger partial charge is 0.497 e. The SMILES string of the molecule is COc1ccc(C(O)CC2(OC)CCC2)c(C)c1. The summed E-state index contributed by atoms with van der Waals surface area (Å²) >= 11 is 0. The molecule has 0 saturated heterocycles. The van der Waals surface area contributed by atoms with Crippen molar-refractivity contribution in [2.75, 3.05) is 14.2 Å². The summed E-state index contributed by atoms with van der Waals surface area (Å²) in [6.07, 6.45) is 3.51. The van der Waals surface area contributed by atoms with Gasteiger partial charge in [-0.3, -0.25) is 0 Å². The first-order valence-electron chi connectivity index (χ1n) is 6.48. The highest BCUT2D eigenvalue weighted by atomic mass is 16.5. The van der Waals surface area contributed by atoms with E-state index in [1.165, 1.54) is 6.42 Å². The normalized spacial score (nSPS) is 19.1. The number of aliphatic hydroxyl groups excluding tert-OH is 1. The molecule has 0 heterocycles. The first kappa shape index (κ1) is 13.4. The van der Waals surface area contributed by atoms with Crippen molar-refractivity contribution < 1.29 is 14.6 Å². The Morgan fingerprint density at radius 1 is 1.33 bits per heavy atom. The van der Waals surface area contributed by atoms with Crippen molar-refractivity contribution in [1.82, 2.24) is 0 Å². The van der Waals surface area contributed by atoms with Crippen LogP contribution in [-0.4, -0.2) is 24.9 Å². The maximum Gasteiger partial charge on any atom is 0.119 e. The third-order valence-corrected chi connectivity index (χ3v) is 4.10. The van der Waals surface area contributed by atoms with E-state index in [2.05, 4.69) is 0 Å². The summed E-state index contributed by atoms with van der Waals surface area (Å²) in [5, 5.41) is 10.4. The molecule has 100 valence electrons. The first-order valence-corrected chi connectivity index (χ1v) is 6.48. The summed E-state index contributed by atoms with van der Waals surface area (Å²) in [4.78, 5) is 0. The number of ether oxygens (including phenoxy) is 2. The monoisotopic (exact) mass is 250 g/mol. The molecular formula is C15H22O3. The fourth-order valence-corrected chi connectivity index (χ4v) is 2.67. The molecule has 1 N–H and O–H groups in total. The first-order chi connectivity index (χ1) is 8.60. The maximum atomic E-state index is 10.4. The van der Waals surface area contributed by atoms with Gasteiger partial charge in [0.15, 0.2) is 0 Å². The van der Waals surface area contributed by atoms with E-state index < -0.39 is 6.10 Å². The Morgan fingerprint density at radius 2 is 2.06 bits per heavy atom. The molecule has 1 aromatic rings. The van der Waals surface area contributed by atoms with E-state index in [0.717, 1.165) is 29.7 Å². The summed E-state index contributed by atoms with van der Waals surface area (Å²) in [5.41, 5.74) is 1.93. The van der Waals surface area contributed by atoms with Gasteiger partial charge in [0.1, 0.15) is 5.75 Å². The van der Waals surface area contributed by atoms with Crippen molar-refractivity contribution in [2.45, 2.75) is 44.3 Å². The molecule has 1 unspecified atom stereocenters. The van der Waals surface area contributed by atoms with Gasteiger partial charge in [-0.05, 0) is 49.4 Å². The zero-order valence-corrected chi connectivity index (χ0v) is 11.4. The molecule has 1 saturated carbocycles. The second-order valence-electron chi connectivity index (χ2n) is 5.18. The number of hydrogen-bond donors (Lipinski definition) is 1. The minimum absolute atomic E-state index is 0.105. The van der Waals surface area contributed by atoms with Crippen molar-refractivity contribution in [3.8, 4) is 5.75 Å². The van der Waals surface area contributed by atoms with E-state index in [9.17, 15) is 5.11 Å². The van der Waals surface area contributed by atoms with E-state index in [1.807, 2.05) is 25.1 Å². The van der Waals surface area contributed by atoms with Crippen LogP contribution < -0.4 is 4.74 Å². The van der Waals surface area contributed by atoms with Crippen molar-refractivity contribution in [2.24, 2.45) is 0 Å². The van der Waals surface area contributed by atoms with Crippen LogP contribution >= 0.6 is 0 Å². The average Bonchev–Trinajstić information content (AvgIpc) is 2.33. The Bertz CT molecular complexity index is 405. The number of aliphatic hydroxyl groups is 1. The molecule has 1 aliphatic rings. The highest BCUT2D eigenvalue weighted by Crippen LogP contribution is 2.42. The molecule has 2 rings (SSSR count). The molecule has 0 aliphatic heterocycles. The van der Waals surface area contributed by atoms with Gasteiger partial charge in [0.2, 0.25) is 0 Å². The van der Waals surface area contributed by atoms with E-state index in [4.69, 9.17) is 9.47 Å². The summed E-state index contributed by atoms with van der Waals surface area (Å²) in [6.45, 7) is 2.00. The predicted molar refractivity (Wildman–Crippen MR) is 70.9 cm³/mol.